The molecule has 0 fully saturated rings. The van der Waals surface area contributed by atoms with Crippen LogP contribution in [0.15, 0.2) is 52.3 Å². The standard InChI is InChI=1S/C12H7I3O2S/c13-8-1-3-9(4-2-8)18(16,17)10-5-6-11(14)12(15)7-10/h1-7H. The Morgan fingerprint density at radius 2 is 1.28 bits per heavy atom. The molecule has 0 N–H and O–H groups in total. The van der Waals surface area contributed by atoms with Crippen LogP contribution in [0.4, 0.5) is 0 Å². The van der Waals surface area contributed by atoms with E-state index in [4.69, 9.17) is 0 Å². The second-order valence-corrected chi connectivity index (χ2v) is 9.05. The zero-order valence-electron chi connectivity index (χ0n) is 8.90. The van der Waals surface area contributed by atoms with Gasteiger partial charge in [-0.15, -0.1) is 0 Å². The lowest BCUT2D eigenvalue weighted by atomic mass is 10.4. The Balaban J connectivity index is 2.54. The molecule has 0 bridgehead atoms. The van der Waals surface area contributed by atoms with Crippen molar-refractivity contribution in [2.75, 3.05) is 0 Å². The highest BCUT2D eigenvalue weighted by Gasteiger charge is 2.18. The van der Waals surface area contributed by atoms with E-state index in [2.05, 4.69) is 67.8 Å². The Labute approximate surface area is 147 Å². The number of sulfone groups is 1. The van der Waals surface area contributed by atoms with E-state index in [1.165, 1.54) is 0 Å². The summed E-state index contributed by atoms with van der Waals surface area (Å²) in [6, 6.07) is 12.1. The number of hydrogen-bond acceptors (Lipinski definition) is 2. The number of benzene rings is 2. The first-order valence-electron chi connectivity index (χ1n) is 4.87. The summed E-state index contributed by atoms with van der Waals surface area (Å²) in [5.74, 6) is 0. The Morgan fingerprint density at radius 3 is 1.83 bits per heavy atom. The molecule has 0 unspecified atom stereocenters. The minimum absolute atomic E-state index is 0.333. The summed E-state index contributed by atoms with van der Waals surface area (Å²) in [6.45, 7) is 0. The van der Waals surface area contributed by atoms with Gasteiger partial charge in [0, 0.05) is 10.7 Å². The first kappa shape index (κ1) is 15.0. The Kier molecular flexibility index (Phi) is 4.92. The minimum Gasteiger partial charge on any atom is -0.219 e. The second kappa shape index (κ2) is 5.92. The summed E-state index contributed by atoms with van der Waals surface area (Å²) in [6.07, 6.45) is 0. The molecule has 0 amide bonds. The molecule has 0 aromatic heterocycles. The van der Waals surface area contributed by atoms with Crippen molar-refractivity contribution in [2.24, 2.45) is 0 Å². The third-order valence-corrected chi connectivity index (χ3v) is 7.68. The molecule has 2 aromatic carbocycles. The quantitative estimate of drug-likeness (QED) is 0.485. The molecule has 0 spiro atoms. The molecule has 0 saturated carbocycles. The van der Waals surface area contributed by atoms with Crippen molar-refractivity contribution < 1.29 is 8.42 Å². The molecule has 2 nitrogen and oxygen atoms in total. The van der Waals surface area contributed by atoms with Crippen LogP contribution in [0.1, 0.15) is 0 Å². The first-order chi connectivity index (χ1) is 8.41. The fourth-order valence-corrected chi connectivity index (χ4v) is 4.10. The predicted octanol–water partition coefficient (Wildman–Crippen LogP) is 4.33. The van der Waals surface area contributed by atoms with Gasteiger partial charge < -0.3 is 0 Å². The van der Waals surface area contributed by atoms with Crippen LogP contribution in [0.25, 0.3) is 0 Å². The van der Waals surface area contributed by atoms with E-state index in [0.29, 0.717) is 9.79 Å². The topological polar surface area (TPSA) is 34.1 Å². The molecule has 0 aliphatic carbocycles. The zero-order valence-corrected chi connectivity index (χ0v) is 16.2. The van der Waals surface area contributed by atoms with E-state index in [9.17, 15) is 8.42 Å². The van der Waals surface area contributed by atoms with E-state index >= 15 is 0 Å². The molecular weight excluding hydrogens is 589 g/mol. The van der Waals surface area contributed by atoms with E-state index < -0.39 is 9.84 Å². The SMILES string of the molecule is O=S(=O)(c1ccc(I)cc1)c1ccc(I)c(I)c1. The van der Waals surface area contributed by atoms with Crippen LogP contribution >= 0.6 is 67.8 Å². The van der Waals surface area contributed by atoms with Crippen LogP contribution in [-0.2, 0) is 9.84 Å². The van der Waals surface area contributed by atoms with Gasteiger partial charge in [0.25, 0.3) is 0 Å². The van der Waals surface area contributed by atoms with Gasteiger partial charge in [0.05, 0.1) is 9.79 Å². The van der Waals surface area contributed by atoms with Gasteiger partial charge in [0.1, 0.15) is 0 Å². The summed E-state index contributed by atoms with van der Waals surface area (Å²) in [5.41, 5.74) is 0. The molecule has 18 heavy (non-hydrogen) atoms. The van der Waals surface area contributed by atoms with E-state index in [-0.39, 0.29) is 0 Å². The van der Waals surface area contributed by atoms with Crippen molar-refractivity contribution in [2.45, 2.75) is 9.79 Å². The maximum Gasteiger partial charge on any atom is 0.206 e. The smallest absolute Gasteiger partial charge is 0.206 e. The van der Waals surface area contributed by atoms with Crippen molar-refractivity contribution in [3.63, 3.8) is 0 Å². The van der Waals surface area contributed by atoms with Crippen molar-refractivity contribution in [3.05, 3.63) is 53.2 Å². The summed E-state index contributed by atoms with van der Waals surface area (Å²) in [4.78, 5) is 0.674. The van der Waals surface area contributed by atoms with Crippen LogP contribution in [0.3, 0.4) is 0 Å². The Bertz CT molecular complexity index is 679. The monoisotopic (exact) mass is 596 g/mol. The van der Waals surface area contributed by atoms with Crippen LogP contribution in [0.5, 0.6) is 0 Å². The molecule has 0 saturated heterocycles. The first-order valence-corrected chi connectivity index (χ1v) is 9.59. The summed E-state index contributed by atoms with van der Waals surface area (Å²) < 4.78 is 27.8. The molecule has 0 atom stereocenters. The van der Waals surface area contributed by atoms with Crippen molar-refractivity contribution in [3.8, 4) is 0 Å². The summed E-state index contributed by atoms with van der Waals surface area (Å²) in [5, 5.41) is 0. The van der Waals surface area contributed by atoms with Gasteiger partial charge >= 0.3 is 0 Å². The van der Waals surface area contributed by atoms with Crippen molar-refractivity contribution in [1.29, 1.82) is 0 Å². The molecule has 0 aliphatic heterocycles. The maximum atomic E-state index is 12.4. The zero-order chi connectivity index (χ0) is 13.3. The average molecular weight is 596 g/mol. The lowest BCUT2D eigenvalue weighted by Crippen LogP contribution is -2.02. The van der Waals surface area contributed by atoms with Gasteiger partial charge in [-0.05, 0) is 110 Å². The lowest BCUT2D eigenvalue weighted by Gasteiger charge is -2.06. The van der Waals surface area contributed by atoms with Gasteiger partial charge in [-0.3, -0.25) is 0 Å². The van der Waals surface area contributed by atoms with E-state index in [0.717, 1.165) is 10.7 Å². The second-order valence-electron chi connectivity index (χ2n) is 3.53. The number of rotatable bonds is 2. The fourth-order valence-electron chi connectivity index (χ4n) is 1.39. The van der Waals surface area contributed by atoms with Gasteiger partial charge in [0.15, 0.2) is 0 Å². The maximum absolute atomic E-state index is 12.4. The van der Waals surface area contributed by atoms with Crippen LogP contribution in [0.2, 0.25) is 0 Å². The Hall–Kier alpha value is 0.580. The fraction of sp³-hybridized carbons (Fsp3) is 0. The number of hydrogen-bond donors (Lipinski definition) is 0. The molecule has 0 radical (unpaired) electrons. The third-order valence-electron chi connectivity index (χ3n) is 2.33. The van der Waals surface area contributed by atoms with E-state index in [1.807, 2.05) is 6.07 Å². The summed E-state index contributed by atoms with van der Waals surface area (Å²) in [7, 11) is -3.41. The van der Waals surface area contributed by atoms with Crippen molar-refractivity contribution in [1.82, 2.24) is 0 Å². The predicted molar refractivity (Wildman–Crippen MR) is 96.5 cm³/mol. The summed E-state index contributed by atoms with van der Waals surface area (Å²) >= 11 is 6.48. The molecule has 0 heterocycles. The Morgan fingerprint density at radius 1 is 0.722 bits per heavy atom. The average Bonchev–Trinajstić information content (AvgIpc) is 2.33. The molecule has 2 rings (SSSR count). The molecule has 94 valence electrons. The van der Waals surface area contributed by atoms with E-state index in [1.54, 1.807) is 36.4 Å². The normalized spacial score (nSPS) is 11.5. The highest BCUT2D eigenvalue weighted by molar-refractivity contribution is 14.1. The third kappa shape index (κ3) is 3.18. The highest BCUT2D eigenvalue weighted by atomic mass is 127. The number of halogens is 3. The molecule has 2 aromatic rings. The van der Waals surface area contributed by atoms with Gasteiger partial charge in [0.2, 0.25) is 9.84 Å². The van der Waals surface area contributed by atoms with Gasteiger partial charge in [-0.2, -0.15) is 0 Å². The molecular formula is C12H7I3O2S. The molecule has 0 aliphatic rings. The lowest BCUT2D eigenvalue weighted by molar-refractivity contribution is 0.596. The van der Waals surface area contributed by atoms with Crippen LogP contribution in [-0.4, -0.2) is 8.42 Å². The largest absolute Gasteiger partial charge is 0.219 e. The van der Waals surface area contributed by atoms with Gasteiger partial charge in [-0.1, -0.05) is 0 Å². The van der Waals surface area contributed by atoms with Crippen LogP contribution in [0, 0.1) is 10.7 Å². The minimum atomic E-state index is -3.41. The van der Waals surface area contributed by atoms with Crippen molar-refractivity contribution >= 4 is 77.6 Å². The van der Waals surface area contributed by atoms with Gasteiger partial charge in [-0.25, -0.2) is 8.42 Å². The van der Waals surface area contributed by atoms with Crippen LogP contribution < -0.4 is 0 Å². The highest BCUT2D eigenvalue weighted by Crippen LogP contribution is 2.25. The molecule has 6 heteroatoms.